The molecule has 0 N–H and O–H groups in total. The van der Waals surface area contributed by atoms with Crippen LogP contribution in [0, 0.1) is 21.4 Å². The summed E-state index contributed by atoms with van der Waals surface area (Å²) in [5.41, 5.74) is 1.06. The van der Waals surface area contributed by atoms with Crippen LogP contribution in [-0.2, 0) is 9.53 Å². The van der Waals surface area contributed by atoms with Gasteiger partial charge in [0.25, 0.3) is 5.69 Å². The zero-order valence-corrected chi connectivity index (χ0v) is 18.6. The summed E-state index contributed by atoms with van der Waals surface area (Å²) in [5, 5.41) is 23.8. The van der Waals surface area contributed by atoms with Crippen LogP contribution in [0.25, 0.3) is 0 Å². The molecule has 0 spiro atoms. The van der Waals surface area contributed by atoms with E-state index >= 15 is 0 Å². The number of benzene rings is 1. The quantitative estimate of drug-likeness (QED) is 0.326. The molecule has 1 aromatic carbocycles. The molecule has 1 unspecified atom stereocenters. The molecule has 0 saturated heterocycles. The van der Waals surface area contributed by atoms with Gasteiger partial charge in [-0.05, 0) is 25.3 Å². The van der Waals surface area contributed by atoms with E-state index in [1.807, 2.05) is 29.3 Å². The maximum absolute atomic E-state index is 12.0. The third-order valence-corrected chi connectivity index (χ3v) is 6.48. The number of nitriles is 1. The fourth-order valence-corrected chi connectivity index (χ4v) is 4.95. The maximum atomic E-state index is 12.0. The topological polar surface area (TPSA) is 109 Å². The molecular formula is C21H20N4O4S2. The molecule has 0 aliphatic carbocycles. The molecule has 31 heavy (non-hydrogen) atoms. The number of carbonyl (C=O) groups is 1. The van der Waals surface area contributed by atoms with E-state index in [0.717, 1.165) is 4.88 Å². The van der Waals surface area contributed by atoms with Crippen LogP contribution in [0.4, 0.5) is 5.69 Å². The fraction of sp³-hybridized carbons (Fsp3) is 0.286. The minimum atomic E-state index is -0.478. The van der Waals surface area contributed by atoms with Crippen molar-refractivity contribution in [3.8, 4) is 6.07 Å². The number of nitrogens with zero attached hydrogens (tertiary/aromatic N) is 4. The first-order valence-corrected chi connectivity index (χ1v) is 11.4. The van der Waals surface area contributed by atoms with Crippen LogP contribution in [0.5, 0.6) is 0 Å². The first-order chi connectivity index (χ1) is 15.0. The second-order valence-corrected chi connectivity index (χ2v) is 8.29. The number of nitro benzene ring substituents is 1. The van der Waals surface area contributed by atoms with Crippen molar-refractivity contribution in [1.29, 1.82) is 5.26 Å². The first-order valence-electron chi connectivity index (χ1n) is 9.55. The summed E-state index contributed by atoms with van der Waals surface area (Å²) < 4.78 is 5.04. The number of hydrogen-bond acceptors (Lipinski definition) is 9. The molecule has 0 fully saturated rings. The molecule has 0 saturated carbocycles. The Kier molecular flexibility index (Phi) is 7.44. The molecule has 2 heterocycles. The summed E-state index contributed by atoms with van der Waals surface area (Å²) >= 11 is 2.75. The molecule has 160 valence electrons. The minimum absolute atomic E-state index is 0.0459. The number of ether oxygens (including phenoxy) is 1. The summed E-state index contributed by atoms with van der Waals surface area (Å²) in [6.07, 6.45) is -0.402. The number of hydrogen-bond donors (Lipinski definition) is 0. The Bertz CT molecular complexity index is 1070. The Hall–Kier alpha value is -3.16. The lowest BCUT2D eigenvalue weighted by atomic mass is 10.0. The maximum Gasteiger partial charge on any atom is 0.316 e. The predicted molar refractivity (Wildman–Crippen MR) is 121 cm³/mol. The Morgan fingerprint density at radius 3 is 2.81 bits per heavy atom. The van der Waals surface area contributed by atoms with E-state index in [4.69, 9.17) is 9.73 Å². The summed E-state index contributed by atoms with van der Waals surface area (Å²) in [7, 11) is 0. The lowest BCUT2D eigenvalue weighted by molar-refractivity contribution is -0.384. The molecule has 0 amide bonds. The lowest BCUT2D eigenvalue weighted by Gasteiger charge is -2.35. The van der Waals surface area contributed by atoms with E-state index in [9.17, 15) is 20.2 Å². The van der Waals surface area contributed by atoms with Crippen molar-refractivity contribution in [1.82, 2.24) is 4.90 Å². The molecule has 10 heteroatoms. The third-order valence-electron chi connectivity index (χ3n) is 4.47. The van der Waals surface area contributed by atoms with Crippen LogP contribution >= 0.6 is 23.1 Å². The van der Waals surface area contributed by atoms with Gasteiger partial charge in [0, 0.05) is 29.1 Å². The van der Waals surface area contributed by atoms with Crippen molar-refractivity contribution in [3.63, 3.8) is 0 Å². The standard InChI is InChI=1S/C21H20N4O4S2/c1-3-24-20(17-9-6-10-30-17)23-19(14-7-5-8-15(11-14)25(27)28)16(12-22)21(24)31-13-18(26)29-4-2/h5-11,20H,3-4,13H2,1-2H3. The molecule has 0 radical (unpaired) electrons. The Balaban J connectivity index is 2.13. The smallest absolute Gasteiger partial charge is 0.316 e. The van der Waals surface area contributed by atoms with E-state index in [-0.39, 0.29) is 29.6 Å². The van der Waals surface area contributed by atoms with Crippen LogP contribution < -0.4 is 0 Å². The van der Waals surface area contributed by atoms with Crippen molar-refractivity contribution in [2.24, 2.45) is 4.99 Å². The normalized spacial score (nSPS) is 16.0. The third kappa shape index (κ3) is 4.95. The van der Waals surface area contributed by atoms with E-state index < -0.39 is 11.1 Å². The van der Waals surface area contributed by atoms with Gasteiger partial charge in [0.1, 0.15) is 11.6 Å². The minimum Gasteiger partial charge on any atom is -0.465 e. The molecule has 1 aliphatic rings. The van der Waals surface area contributed by atoms with E-state index in [1.165, 1.54) is 35.2 Å². The molecule has 8 nitrogen and oxygen atoms in total. The van der Waals surface area contributed by atoms with Crippen LogP contribution in [0.2, 0.25) is 0 Å². The molecule has 1 aliphatic heterocycles. The molecule has 0 bridgehead atoms. The summed E-state index contributed by atoms with van der Waals surface area (Å²) in [5.74, 6) is -0.329. The fourth-order valence-electron chi connectivity index (χ4n) is 3.16. The highest BCUT2D eigenvalue weighted by molar-refractivity contribution is 8.03. The molecule has 1 aromatic heterocycles. The molecule has 1 atom stereocenters. The van der Waals surface area contributed by atoms with Gasteiger partial charge in [-0.25, -0.2) is 0 Å². The second kappa shape index (κ2) is 10.2. The second-order valence-electron chi connectivity index (χ2n) is 6.35. The first kappa shape index (κ1) is 22.5. The van der Waals surface area contributed by atoms with Gasteiger partial charge in [0.15, 0.2) is 6.17 Å². The predicted octanol–water partition coefficient (Wildman–Crippen LogP) is 4.51. The van der Waals surface area contributed by atoms with Gasteiger partial charge in [-0.2, -0.15) is 5.26 Å². The summed E-state index contributed by atoms with van der Waals surface area (Å²) in [6, 6.07) is 12.2. The Morgan fingerprint density at radius 1 is 1.39 bits per heavy atom. The van der Waals surface area contributed by atoms with Crippen molar-refractivity contribution >= 4 is 40.5 Å². The average Bonchev–Trinajstić information content (AvgIpc) is 3.31. The summed E-state index contributed by atoms with van der Waals surface area (Å²) in [4.78, 5) is 30.5. The Morgan fingerprint density at radius 2 is 2.19 bits per heavy atom. The number of allylic oxidation sites excluding steroid dienone is 1. The number of non-ortho nitro benzene ring substituents is 1. The van der Waals surface area contributed by atoms with E-state index in [2.05, 4.69) is 6.07 Å². The molecule has 3 rings (SSSR count). The van der Waals surface area contributed by atoms with Gasteiger partial charge in [-0.1, -0.05) is 30.0 Å². The van der Waals surface area contributed by atoms with Gasteiger partial charge in [0.2, 0.25) is 0 Å². The lowest BCUT2D eigenvalue weighted by Crippen LogP contribution is -2.33. The zero-order chi connectivity index (χ0) is 22.4. The van der Waals surface area contributed by atoms with Crippen LogP contribution in [0.15, 0.2) is 57.4 Å². The van der Waals surface area contributed by atoms with E-state index in [1.54, 1.807) is 19.1 Å². The average molecular weight is 457 g/mol. The van der Waals surface area contributed by atoms with Crippen LogP contribution in [0.3, 0.4) is 0 Å². The van der Waals surface area contributed by atoms with Gasteiger partial charge < -0.3 is 9.64 Å². The SMILES string of the molecule is CCOC(=O)CSC1=C(C#N)C(c2cccc([N+](=O)[O-])c2)=NC(c2cccs2)N1CC. The molecule has 2 aromatic rings. The number of aliphatic imine (C=N–C) groups is 1. The monoisotopic (exact) mass is 456 g/mol. The van der Waals surface area contributed by atoms with E-state index in [0.29, 0.717) is 22.8 Å². The number of rotatable bonds is 8. The number of thiophene rings is 1. The van der Waals surface area contributed by atoms with Gasteiger partial charge in [-0.15, -0.1) is 11.3 Å². The number of nitro groups is 1. The van der Waals surface area contributed by atoms with Gasteiger partial charge >= 0.3 is 5.97 Å². The van der Waals surface area contributed by atoms with Crippen molar-refractivity contribution in [2.45, 2.75) is 20.0 Å². The zero-order valence-electron chi connectivity index (χ0n) is 17.0. The number of esters is 1. The Labute approximate surface area is 188 Å². The summed E-state index contributed by atoms with van der Waals surface area (Å²) in [6.45, 7) is 4.53. The number of thioether (sulfide) groups is 1. The number of carbonyl (C=O) groups excluding carboxylic acids is 1. The van der Waals surface area contributed by atoms with Crippen molar-refractivity contribution in [3.05, 3.63) is 72.9 Å². The highest BCUT2D eigenvalue weighted by Crippen LogP contribution is 2.40. The highest BCUT2D eigenvalue weighted by Gasteiger charge is 2.33. The van der Waals surface area contributed by atoms with Gasteiger partial charge in [0.05, 0.1) is 28.0 Å². The van der Waals surface area contributed by atoms with Crippen molar-refractivity contribution in [2.75, 3.05) is 18.9 Å². The van der Waals surface area contributed by atoms with Crippen LogP contribution in [0.1, 0.15) is 30.5 Å². The largest absolute Gasteiger partial charge is 0.465 e. The highest BCUT2D eigenvalue weighted by atomic mass is 32.2. The van der Waals surface area contributed by atoms with Gasteiger partial charge in [-0.3, -0.25) is 19.9 Å². The van der Waals surface area contributed by atoms with Crippen molar-refractivity contribution < 1.29 is 14.5 Å². The van der Waals surface area contributed by atoms with Crippen LogP contribution in [-0.4, -0.2) is 40.4 Å². The molecular weight excluding hydrogens is 436 g/mol.